The van der Waals surface area contributed by atoms with Gasteiger partial charge in [0.05, 0.1) is 5.56 Å². The van der Waals surface area contributed by atoms with Gasteiger partial charge in [-0.1, -0.05) is 26.3 Å². The molecule has 96 valence electrons. The highest BCUT2D eigenvalue weighted by Crippen LogP contribution is 2.32. The summed E-state index contributed by atoms with van der Waals surface area (Å²) in [5, 5.41) is 0. The van der Waals surface area contributed by atoms with E-state index in [-0.39, 0.29) is 11.5 Å². The van der Waals surface area contributed by atoms with Gasteiger partial charge in [0.1, 0.15) is 5.82 Å². The Balaban J connectivity index is 3.06. The molecule has 17 heavy (non-hydrogen) atoms. The normalized spacial score (nSPS) is 15.7. The summed E-state index contributed by atoms with van der Waals surface area (Å²) < 4.78 is 50.5. The average Bonchev–Trinajstić information content (AvgIpc) is 2.25. The number of hydrogen-bond donors (Lipinski definition) is 1. The second kappa shape index (κ2) is 5.04. The van der Waals surface area contributed by atoms with Crippen LogP contribution in [0.2, 0.25) is 0 Å². The highest BCUT2D eigenvalue weighted by atomic mass is 19.4. The summed E-state index contributed by atoms with van der Waals surface area (Å²) in [6.07, 6.45) is -3.79. The predicted octanol–water partition coefficient (Wildman–Crippen LogP) is 3.89. The zero-order chi connectivity index (χ0) is 13.2. The summed E-state index contributed by atoms with van der Waals surface area (Å²) in [6.45, 7) is 3.73. The Hall–Kier alpha value is -1.10. The van der Waals surface area contributed by atoms with Crippen molar-refractivity contribution in [3.05, 3.63) is 35.1 Å². The van der Waals surface area contributed by atoms with E-state index in [1.807, 2.05) is 13.8 Å². The lowest BCUT2D eigenvalue weighted by Crippen LogP contribution is -2.20. The number of alkyl halides is 3. The SMILES string of the molecule is CCC(C)[C@H](N)c1ccc(C(F)(F)F)cc1F. The lowest BCUT2D eigenvalue weighted by molar-refractivity contribution is -0.137. The Labute approximate surface area is 97.6 Å². The zero-order valence-corrected chi connectivity index (χ0v) is 9.68. The van der Waals surface area contributed by atoms with E-state index in [1.165, 1.54) is 0 Å². The van der Waals surface area contributed by atoms with Crippen LogP contribution in [-0.4, -0.2) is 0 Å². The van der Waals surface area contributed by atoms with E-state index < -0.39 is 23.6 Å². The maximum Gasteiger partial charge on any atom is 0.416 e. The fourth-order valence-corrected chi connectivity index (χ4v) is 1.53. The Morgan fingerprint density at radius 2 is 1.88 bits per heavy atom. The molecule has 0 fully saturated rings. The molecule has 0 aromatic heterocycles. The van der Waals surface area contributed by atoms with Crippen LogP contribution >= 0.6 is 0 Å². The highest BCUT2D eigenvalue weighted by molar-refractivity contribution is 5.28. The fraction of sp³-hybridized carbons (Fsp3) is 0.500. The van der Waals surface area contributed by atoms with Crippen molar-refractivity contribution in [1.82, 2.24) is 0 Å². The quantitative estimate of drug-likeness (QED) is 0.808. The van der Waals surface area contributed by atoms with Crippen LogP contribution in [0.3, 0.4) is 0 Å². The van der Waals surface area contributed by atoms with Crippen LogP contribution < -0.4 is 5.73 Å². The Kier molecular flexibility index (Phi) is 4.14. The van der Waals surface area contributed by atoms with Crippen molar-refractivity contribution >= 4 is 0 Å². The van der Waals surface area contributed by atoms with E-state index in [0.29, 0.717) is 6.07 Å². The molecule has 1 unspecified atom stereocenters. The lowest BCUT2D eigenvalue weighted by atomic mass is 9.92. The standard InChI is InChI=1S/C12H15F4N/c1-3-7(2)11(17)9-5-4-8(6-10(9)13)12(14,15)16/h4-7,11H,3,17H2,1-2H3/t7?,11-/m0/s1. The number of rotatable bonds is 3. The van der Waals surface area contributed by atoms with E-state index in [4.69, 9.17) is 5.73 Å². The lowest BCUT2D eigenvalue weighted by Gasteiger charge is -2.20. The number of hydrogen-bond acceptors (Lipinski definition) is 1. The molecule has 0 heterocycles. The molecule has 0 saturated carbocycles. The van der Waals surface area contributed by atoms with Gasteiger partial charge in [-0.3, -0.25) is 0 Å². The van der Waals surface area contributed by atoms with Crippen molar-refractivity contribution in [1.29, 1.82) is 0 Å². The van der Waals surface area contributed by atoms with Crippen LogP contribution in [0.15, 0.2) is 18.2 Å². The number of nitrogens with two attached hydrogens (primary N) is 1. The molecule has 0 aliphatic heterocycles. The average molecular weight is 249 g/mol. The third kappa shape index (κ3) is 3.19. The molecule has 1 nitrogen and oxygen atoms in total. The van der Waals surface area contributed by atoms with Gasteiger partial charge < -0.3 is 5.73 Å². The van der Waals surface area contributed by atoms with Crippen molar-refractivity contribution in [3.63, 3.8) is 0 Å². The minimum Gasteiger partial charge on any atom is -0.324 e. The first-order chi connectivity index (χ1) is 7.77. The second-order valence-electron chi connectivity index (χ2n) is 4.15. The van der Waals surface area contributed by atoms with Crippen molar-refractivity contribution in [3.8, 4) is 0 Å². The van der Waals surface area contributed by atoms with Crippen molar-refractivity contribution in [2.75, 3.05) is 0 Å². The molecule has 1 aromatic rings. The van der Waals surface area contributed by atoms with Crippen LogP contribution in [0, 0.1) is 11.7 Å². The third-order valence-corrected chi connectivity index (χ3v) is 2.94. The van der Waals surface area contributed by atoms with E-state index in [1.54, 1.807) is 0 Å². The molecule has 5 heteroatoms. The van der Waals surface area contributed by atoms with Gasteiger partial charge in [-0.2, -0.15) is 13.2 Å². The Morgan fingerprint density at radius 3 is 2.29 bits per heavy atom. The predicted molar refractivity (Wildman–Crippen MR) is 57.8 cm³/mol. The number of halogens is 4. The minimum atomic E-state index is -4.53. The largest absolute Gasteiger partial charge is 0.416 e. The van der Waals surface area contributed by atoms with Gasteiger partial charge in [0.15, 0.2) is 0 Å². The molecular formula is C12H15F4N. The van der Waals surface area contributed by atoms with Crippen LogP contribution in [0.1, 0.15) is 37.4 Å². The van der Waals surface area contributed by atoms with Gasteiger partial charge in [0, 0.05) is 11.6 Å². The smallest absolute Gasteiger partial charge is 0.324 e. The number of benzene rings is 1. The maximum absolute atomic E-state index is 13.5. The first-order valence-electron chi connectivity index (χ1n) is 5.39. The molecule has 0 saturated heterocycles. The van der Waals surface area contributed by atoms with Crippen molar-refractivity contribution in [2.24, 2.45) is 11.7 Å². The zero-order valence-electron chi connectivity index (χ0n) is 9.68. The third-order valence-electron chi connectivity index (χ3n) is 2.94. The van der Waals surface area contributed by atoms with Crippen LogP contribution in [-0.2, 0) is 6.18 Å². The topological polar surface area (TPSA) is 26.0 Å². The summed E-state index contributed by atoms with van der Waals surface area (Å²) >= 11 is 0. The van der Waals surface area contributed by atoms with E-state index in [0.717, 1.165) is 18.6 Å². The van der Waals surface area contributed by atoms with Gasteiger partial charge in [-0.05, 0) is 18.1 Å². The summed E-state index contributed by atoms with van der Waals surface area (Å²) in [5.74, 6) is -0.881. The van der Waals surface area contributed by atoms with Gasteiger partial charge >= 0.3 is 6.18 Å². The molecule has 0 radical (unpaired) electrons. The van der Waals surface area contributed by atoms with Gasteiger partial charge in [-0.15, -0.1) is 0 Å². The molecule has 1 aromatic carbocycles. The van der Waals surface area contributed by atoms with Crippen LogP contribution in [0.5, 0.6) is 0 Å². The first kappa shape index (κ1) is 14.0. The summed E-state index contributed by atoms with van der Waals surface area (Å²) in [5.41, 5.74) is 4.93. The van der Waals surface area contributed by atoms with Gasteiger partial charge in [0.25, 0.3) is 0 Å². The van der Waals surface area contributed by atoms with E-state index in [2.05, 4.69) is 0 Å². The fourth-order valence-electron chi connectivity index (χ4n) is 1.53. The Bertz CT molecular complexity index is 387. The summed E-state index contributed by atoms with van der Waals surface area (Å²) in [4.78, 5) is 0. The highest BCUT2D eigenvalue weighted by Gasteiger charge is 2.31. The van der Waals surface area contributed by atoms with Crippen LogP contribution in [0.4, 0.5) is 17.6 Å². The summed E-state index contributed by atoms with van der Waals surface area (Å²) in [6, 6.07) is 1.90. The molecule has 0 bridgehead atoms. The monoisotopic (exact) mass is 249 g/mol. The summed E-state index contributed by atoms with van der Waals surface area (Å²) in [7, 11) is 0. The van der Waals surface area contributed by atoms with Gasteiger partial charge in [-0.25, -0.2) is 4.39 Å². The molecule has 2 atom stereocenters. The minimum absolute atomic E-state index is 0.0150. The second-order valence-corrected chi connectivity index (χ2v) is 4.15. The van der Waals surface area contributed by atoms with Gasteiger partial charge in [0.2, 0.25) is 0 Å². The van der Waals surface area contributed by atoms with Crippen molar-refractivity contribution in [2.45, 2.75) is 32.5 Å². The van der Waals surface area contributed by atoms with Crippen molar-refractivity contribution < 1.29 is 17.6 Å². The van der Waals surface area contributed by atoms with E-state index >= 15 is 0 Å². The molecule has 0 aliphatic rings. The molecule has 0 spiro atoms. The Morgan fingerprint density at radius 1 is 1.29 bits per heavy atom. The first-order valence-corrected chi connectivity index (χ1v) is 5.39. The molecule has 0 aliphatic carbocycles. The molecule has 2 N–H and O–H groups in total. The molecule has 0 amide bonds. The maximum atomic E-state index is 13.5. The van der Waals surface area contributed by atoms with E-state index in [9.17, 15) is 17.6 Å². The molecule has 1 rings (SSSR count). The molecular weight excluding hydrogens is 234 g/mol. The van der Waals surface area contributed by atoms with Crippen LogP contribution in [0.25, 0.3) is 0 Å².